The highest BCUT2D eigenvalue weighted by Gasteiger charge is 2.30. The molecule has 2 atom stereocenters. The van der Waals surface area contributed by atoms with Crippen molar-refractivity contribution in [3.05, 3.63) is 42.0 Å². The van der Waals surface area contributed by atoms with Crippen LogP contribution in [0.3, 0.4) is 0 Å². The van der Waals surface area contributed by atoms with E-state index in [1.54, 1.807) is 12.4 Å². The molecule has 1 amide bonds. The molecule has 0 unspecified atom stereocenters. The van der Waals surface area contributed by atoms with Crippen LogP contribution in [0, 0.1) is 5.82 Å². The van der Waals surface area contributed by atoms with Gasteiger partial charge in [0.1, 0.15) is 11.9 Å². The van der Waals surface area contributed by atoms with Crippen LogP contribution in [0.5, 0.6) is 0 Å². The summed E-state index contributed by atoms with van der Waals surface area (Å²) in [5, 5.41) is 10.7. The Morgan fingerprint density at radius 3 is 2.48 bits per heavy atom. The van der Waals surface area contributed by atoms with Crippen LogP contribution in [-0.2, 0) is 14.8 Å². The molecule has 2 aliphatic rings. The molecule has 4 N–H and O–H groups in total. The summed E-state index contributed by atoms with van der Waals surface area (Å²) < 4.78 is 42.5. The van der Waals surface area contributed by atoms with E-state index in [4.69, 9.17) is 9.88 Å². The minimum absolute atomic E-state index is 0.0356. The number of anilines is 2. The highest BCUT2D eigenvalue weighted by molar-refractivity contribution is 7.89. The van der Waals surface area contributed by atoms with Crippen molar-refractivity contribution in [1.82, 2.24) is 15.3 Å². The fraction of sp³-hybridized carbons (Fsp3) is 0.500. The molecule has 1 aromatic heterocycles. The van der Waals surface area contributed by atoms with Gasteiger partial charge < -0.3 is 15.4 Å². The fourth-order valence-corrected chi connectivity index (χ4v) is 4.98. The highest BCUT2D eigenvalue weighted by Crippen LogP contribution is 2.36. The van der Waals surface area contributed by atoms with E-state index >= 15 is 0 Å². The largest absolute Gasteiger partial charge is 0.446 e. The van der Waals surface area contributed by atoms with Gasteiger partial charge in [-0.15, -0.1) is 0 Å². The second-order valence-electron chi connectivity index (χ2n) is 8.67. The van der Waals surface area contributed by atoms with Crippen LogP contribution in [0.4, 0.5) is 20.8 Å². The number of aromatic nitrogens is 2. The first-order valence-electron chi connectivity index (χ1n) is 11.2. The first-order valence-corrected chi connectivity index (χ1v) is 12.7. The summed E-state index contributed by atoms with van der Waals surface area (Å²) in [7, 11) is -3.98. The molecule has 1 aromatic carbocycles. The van der Waals surface area contributed by atoms with Gasteiger partial charge in [0.25, 0.3) is 0 Å². The Labute approximate surface area is 192 Å². The van der Waals surface area contributed by atoms with Crippen molar-refractivity contribution in [3.8, 4) is 0 Å². The number of primary sulfonamides is 1. The summed E-state index contributed by atoms with van der Waals surface area (Å²) in [6.07, 6.45) is 10.8. The van der Waals surface area contributed by atoms with Gasteiger partial charge in [-0.05, 0) is 61.8 Å². The third-order valence-corrected chi connectivity index (χ3v) is 7.16. The van der Waals surface area contributed by atoms with Crippen LogP contribution in [-0.4, -0.2) is 36.6 Å². The summed E-state index contributed by atoms with van der Waals surface area (Å²) >= 11 is 0. The maximum atomic E-state index is 14.2. The van der Waals surface area contributed by atoms with Gasteiger partial charge in [0.05, 0.1) is 10.6 Å². The van der Waals surface area contributed by atoms with E-state index in [2.05, 4.69) is 20.6 Å². The molecule has 4 rings (SSSR count). The lowest BCUT2D eigenvalue weighted by molar-refractivity contribution is 0.0953. The number of amides is 1. The van der Waals surface area contributed by atoms with Gasteiger partial charge in [-0.25, -0.2) is 32.7 Å². The molecule has 0 aliphatic heterocycles. The standard InChI is InChI=1S/C22H28FN5O4S/c23-19-11-18(33(24,30)31)8-9-20(19)28-21-25-12-15(13-26-21)14-6-7-17(10-14)32-22(29)27-16-4-2-1-3-5-16/h8-9,11-14,16-17H,1-7,10H2,(H,27,29)(H2,24,30,31)(H,25,26,28)/t14-,17+/m1/s1. The predicted octanol–water partition coefficient (Wildman–Crippen LogP) is 3.70. The van der Waals surface area contributed by atoms with Crippen molar-refractivity contribution < 1.29 is 22.3 Å². The number of benzene rings is 1. The zero-order valence-corrected chi connectivity index (χ0v) is 19.0. The highest BCUT2D eigenvalue weighted by atomic mass is 32.2. The number of nitrogens with two attached hydrogens (primary N) is 1. The number of nitrogens with zero attached hydrogens (tertiary/aromatic N) is 2. The van der Waals surface area contributed by atoms with Crippen LogP contribution >= 0.6 is 0 Å². The van der Waals surface area contributed by atoms with Gasteiger partial charge in [0.15, 0.2) is 0 Å². The third kappa shape index (κ3) is 6.17. The number of carbonyl (C=O) groups is 1. The maximum absolute atomic E-state index is 14.2. The molecule has 33 heavy (non-hydrogen) atoms. The molecule has 0 spiro atoms. The third-order valence-electron chi connectivity index (χ3n) is 6.24. The van der Waals surface area contributed by atoms with Gasteiger partial charge in [0.2, 0.25) is 16.0 Å². The van der Waals surface area contributed by atoms with E-state index in [0.29, 0.717) is 6.42 Å². The number of rotatable bonds is 6. The zero-order valence-electron chi connectivity index (χ0n) is 18.2. The zero-order chi connectivity index (χ0) is 23.4. The van der Waals surface area contributed by atoms with Crippen LogP contribution in [0.1, 0.15) is 62.8 Å². The fourth-order valence-electron chi connectivity index (χ4n) is 4.46. The maximum Gasteiger partial charge on any atom is 0.407 e. The van der Waals surface area contributed by atoms with Crippen molar-refractivity contribution in [2.24, 2.45) is 5.14 Å². The Hall–Kier alpha value is -2.79. The van der Waals surface area contributed by atoms with Crippen LogP contribution in [0.25, 0.3) is 0 Å². The lowest BCUT2D eigenvalue weighted by Crippen LogP contribution is -2.38. The van der Waals surface area contributed by atoms with Gasteiger partial charge in [0, 0.05) is 18.4 Å². The monoisotopic (exact) mass is 477 g/mol. The average molecular weight is 478 g/mol. The number of carbonyl (C=O) groups excluding carboxylic acids is 1. The molecule has 9 nitrogen and oxygen atoms in total. The van der Waals surface area contributed by atoms with Crippen molar-refractivity contribution in [2.45, 2.75) is 74.3 Å². The molecule has 0 bridgehead atoms. The van der Waals surface area contributed by atoms with Crippen molar-refractivity contribution >= 4 is 27.8 Å². The van der Waals surface area contributed by atoms with Gasteiger partial charge in [-0.3, -0.25) is 0 Å². The van der Waals surface area contributed by atoms with Gasteiger partial charge >= 0.3 is 6.09 Å². The second kappa shape index (κ2) is 10.0. The van der Waals surface area contributed by atoms with Crippen LogP contribution < -0.4 is 15.8 Å². The second-order valence-corrected chi connectivity index (χ2v) is 10.2. The molecular weight excluding hydrogens is 449 g/mol. The Morgan fingerprint density at radius 2 is 1.82 bits per heavy atom. The van der Waals surface area contributed by atoms with Crippen molar-refractivity contribution in [1.29, 1.82) is 0 Å². The Kier molecular flexibility index (Phi) is 7.08. The molecule has 2 saturated carbocycles. The number of halogens is 1. The van der Waals surface area contributed by atoms with E-state index in [1.807, 2.05) is 0 Å². The molecule has 0 saturated heterocycles. The molecule has 2 aliphatic carbocycles. The molecule has 178 valence electrons. The first-order chi connectivity index (χ1) is 15.8. The van der Waals surface area contributed by atoms with E-state index in [0.717, 1.165) is 50.2 Å². The lowest BCUT2D eigenvalue weighted by Gasteiger charge is -2.23. The van der Waals surface area contributed by atoms with E-state index in [1.165, 1.54) is 18.6 Å². The number of ether oxygens (including phenoxy) is 1. The summed E-state index contributed by atoms with van der Waals surface area (Å²) in [5.74, 6) is -0.424. The van der Waals surface area contributed by atoms with Gasteiger partial charge in [-0.2, -0.15) is 0 Å². The topological polar surface area (TPSA) is 136 Å². The summed E-state index contributed by atoms with van der Waals surface area (Å²) in [6, 6.07) is 3.54. The Bertz CT molecular complexity index is 1090. The number of alkyl carbamates (subject to hydrolysis) is 1. The number of hydrogen-bond acceptors (Lipinski definition) is 7. The van der Waals surface area contributed by atoms with Crippen molar-refractivity contribution in [3.63, 3.8) is 0 Å². The summed E-state index contributed by atoms with van der Waals surface area (Å²) in [5.41, 5.74) is 0.956. The van der Waals surface area contributed by atoms with Crippen molar-refractivity contribution in [2.75, 3.05) is 5.32 Å². The first kappa shape index (κ1) is 23.4. The molecule has 2 fully saturated rings. The molecule has 2 aromatic rings. The quantitative estimate of drug-likeness (QED) is 0.577. The van der Waals surface area contributed by atoms with Crippen LogP contribution in [0.15, 0.2) is 35.5 Å². The molecule has 1 heterocycles. The molecule has 0 radical (unpaired) electrons. The number of hydrogen-bond donors (Lipinski definition) is 3. The van der Waals surface area contributed by atoms with Gasteiger partial charge in [-0.1, -0.05) is 19.3 Å². The lowest BCUT2D eigenvalue weighted by atomic mass is 9.96. The van der Waals surface area contributed by atoms with E-state index in [9.17, 15) is 17.6 Å². The normalized spacial score (nSPS) is 21.5. The molecule has 11 heteroatoms. The number of nitrogens with one attached hydrogen (secondary N) is 2. The Morgan fingerprint density at radius 1 is 1.09 bits per heavy atom. The van der Waals surface area contributed by atoms with E-state index in [-0.39, 0.29) is 40.7 Å². The predicted molar refractivity (Wildman–Crippen MR) is 120 cm³/mol. The Balaban J connectivity index is 1.30. The summed E-state index contributed by atoms with van der Waals surface area (Å²) in [4.78, 5) is 20.4. The summed E-state index contributed by atoms with van der Waals surface area (Å²) in [6.45, 7) is 0. The molecular formula is C22H28FN5O4S. The smallest absolute Gasteiger partial charge is 0.407 e. The minimum Gasteiger partial charge on any atom is -0.446 e. The SMILES string of the molecule is NS(=O)(=O)c1ccc(Nc2ncc([C@@H]3CC[C@H](OC(=O)NC4CCCCC4)C3)cn2)c(F)c1. The minimum atomic E-state index is -3.98. The average Bonchev–Trinajstić information content (AvgIpc) is 3.24. The van der Waals surface area contributed by atoms with E-state index < -0.39 is 15.8 Å². The number of sulfonamides is 1. The van der Waals surface area contributed by atoms with Crippen LogP contribution in [0.2, 0.25) is 0 Å².